The summed E-state index contributed by atoms with van der Waals surface area (Å²) >= 11 is 1.64. The molecule has 2 heterocycles. The second-order valence-corrected chi connectivity index (χ2v) is 10.7. The highest BCUT2D eigenvalue weighted by atomic mass is 32.1. The van der Waals surface area contributed by atoms with E-state index in [0.29, 0.717) is 25.3 Å². The Hall–Kier alpha value is -3.56. The van der Waals surface area contributed by atoms with Crippen LogP contribution in [0.2, 0.25) is 0 Å². The lowest BCUT2D eigenvalue weighted by molar-refractivity contribution is -0.385. The van der Waals surface area contributed by atoms with Gasteiger partial charge in [-0.1, -0.05) is 36.4 Å². The zero-order valence-electron chi connectivity index (χ0n) is 21.1. The minimum Gasteiger partial charge on any atom is -0.376 e. The van der Waals surface area contributed by atoms with Crippen LogP contribution >= 0.6 is 11.3 Å². The van der Waals surface area contributed by atoms with Gasteiger partial charge >= 0.3 is 0 Å². The zero-order chi connectivity index (χ0) is 26.4. The van der Waals surface area contributed by atoms with E-state index in [-0.39, 0.29) is 36.4 Å². The zero-order valence-corrected chi connectivity index (χ0v) is 21.9. The molecule has 37 heavy (non-hydrogen) atoms. The smallest absolute Gasteiger partial charge is 0.273 e. The minimum absolute atomic E-state index is 0.118. The van der Waals surface area contributed by atoms with Crippen molar-refractivity contribution in [2.45, 2.75) is 45.9 Å². The Labute approximate surface area is 220 Å². The summed E-state index contributed by atoms with van der Waals surface area (Å²) in [6.07, 6.45) is 1.53. The van der Waals surface area contributed by atoms with Gasteiger partial charge in [-0.3, -0.25) is 19.7 Å². The molecule has 9 heteroatoms. The molecule has 3 aromatic rings. The van der Waals surface area contributed by atoms with E-state index in [1.807, 2.05) is 49.4 Å². The standard InChI is InChI=1S/C28H31N3O5S/c1-20-10-12-23(15-26(20)31(34)35)28(33)30(17-24-9-6-14-36-24)19-27(32)29(16-22-7-4-3-5-8-22)18-25-13-11-21(2)37-25/h3-5,7-8,10-13,15,24H,6,9,14,16-19H2,1-2H3. The van der Waals surface area contributed by atoms with Crippen molar-refractivity contribution in [2.24, 2.45) is 0 Å². The lowest BCUT2D eigenvalue weighted by Crippen LogP contribution is -2.45. The molecular formula is C28H31N3O5S. The molecule has 1 unspecified atom stereocenters. The highest BCUT2D eigenvalue weighted by Crippen LogP contribution is 2.23. The molecule has 0 saturated carbocycles. The maximum Gasteiger partial charge on any atom is 0.273 e. The molecule has 1 aliphatic heterocycles. The van der Waals surface area contributed by atoms with Gasteiger partial charge in [0.05, 0.1) is 17.6 Å². The van der Waals surface area contributed by atoms with E-state index in [4.69, 9.17) is 4.74 Å². The number of carbonyl (C=O) groups is 2. The van der Waals surface area contributed by atoms with E-state index in [9.17, 15) is 19.7 Å². The highest BCUT2D eigenvalue weighted by Gasteiger charge is 2.28. The number of rotatable bonds is 10. The second-order valence-electron chi connectivity index (χ2n) is 9.33. The van der Waals surface area contributed by atoms with Crippen molar-refractivity contribution in [3.05, 3.63) is 97.2 Å². The molecule has 1 saturated heterocycles. The van der Waals surface area contributed by atoms with Crippen LogP contribution in [0.3, 0.4) is 0 Å². The first-order valence-corrected chi connectivity index (χ1v) is 13.1. The van der Waals surface area contributed by atoms with Gasteiger partial charge in [-0.15, -0.1) is 11.3 Å². The summed E-state index contributed by atoms with van der Waals surface area (Å²) in [6, 6.07) is 18.2. The van der Waals surface area contributed by atoms with Crippen molar-refractivity contribution in [3.63, 3.8) is 0 Å². The Morgan fingerprint density at radius 1 is 1.05 bits per heavy atom. The quantitative estimate of drug-likeness (QED) is 0.273. The number of thiophene rings is 1. The number of amides is 2. The Morgan fingerprint density at radius 2 is 1.84 bits per heavy atom. The van der Waals surface area contributed by atoms with Crippen molar-refractivity contribution in [1.29, 1.82) is 0 Å². The van der Waals surface area contributed by atoms with E-state index in [0.717, 1.165) is 23.3 Å². The van der Waals surface area contributed by atoms with Gasteiger partial charge in [0, 0.05) is 46.6 Å². The molecule has 1 aliphatic rings. The molecule has 0 radical (unpaired) electrons. The SMILES string of the molecule is Cc1ccc(CN(Cc2ccccc2)C(=O)CN(CC2CCCO2)C(=O)c2ccc(C)c([N+](=O)[O-])c2)s1. The molecule has 0 bridgehead atoms. The third-order valence-corrected chi connectivity index (χ3v) is 7.41. The van der Waals surface area contributed by atoms with Gasteiger partial charge in [0.2, 0.25) is 5.91 Å². The molecule has 194 valence electrons. The van der Waals surface area contributed by atoms with Gasteiger partial charge in [-0.05, 0) is 50.5 Å². The van der Waals surface area contributed by atoms with Crippen LogP contribution in [0, 0.1) is 24.0 Å². The van der Waals surface area contributed by atoms with Crippen LogP contribution in [0.25, 0.3) is 0 Å². The minimum atomic E-state index is -0.494. The number of carbonyl (C=O) groups excluding carboxylic acids is 2. The van der Waals surface area contributed by atoms with Gasteiger partial charge < -0.3 is 14.5 Å². The summed E-state index contributed by atoms with van der Waals surface area (Å²) in [7, 11) is 0. The van der Waals surface area contributed by atoms with Crippen molar-refractivity contribution < 1.29 is 19.2 Å². The van der Waals surface area contributed by atoms with E-state index in [2.05, 4.69) is 0 Å². The van der Waals surface area contributed by atoms with Crippen molar-refractivity contribution in [2.75, 3.05) is 19.7 Å². The average molecular weight is 522 g/mol. The number of hydrogen-bond donors (Lipinski definition) is 0. The second kappa shape index (κ2) is 12.1. The fourth-order valence-electron chi connectivity index (χ4n) is 4.43. The molecular weight excluding hydrogens is 490 g/mol. The van der Waals surface area contributed by atoms with Gasteiger partial charge in [-0.25, -0.2) is 0 Å². The van der Waals surface area contributed by atoms with Gasteiger partial charge in [0.15, 0.2) is 0 Å². The third-order valence-electron chi connectivity index (χ3n) is 6.43. The van der Waals surface area contributed by atoms with E-state index in [1.54, 1.807) is 35.3 Å². The van der Waals surface area contributed by atoms with Gasteiger partial charge in [0.25, 0.3) is 11.6 Å². The van der Waals surface area contributed by atoms with Crippen molar-refractivity contribution in [1.82, 2.24) is 9.80 Å². The van der Waals surface area contributed by atoms with Crippen LogP contribution < -0.4 is 0 Å². The highest BCUT2D eigenvalue weighted by molar-refractivity contribution is 7.11. The van der Waals surface area contributed by atoms with Crippen molar-refractivity contribution in [3.8, 4) is 0 Å². The Morgan fingerprint density at radius 3 is 2.49 bits per heavy atom. The monoisotopic (exact) mass is 521 g/mol. The number of nitro benzene ring substituents is 1. The summed E-state index contributed by atoms with van der Waals surface area (Å²) in [5.41, 5.74) is 1.54. The first-order chi connectivity index (χ1) is 17.8. The fraction of sp³-hybridized carbons (Fsp3) is 0.357. The maximum absolute atomic E-state index is 13.7. The molecule has 0 N–H and O–H groups in total. The largest absolute Gasteiger partial charge is 0.376 e. The number of hydrogen-bond acceptors (Lipinski definition) is 6. The summed E-state index contributed by atoms with van der Waals surface area (Å²) in [5.74, 6) is -0.610. The predicted octanol–water partition coefficient (Wildman–Crippen LogP) is 5.12. The summed E-state index contributed by atoms with van der Waals surface area (Å²) in [5, 5.41) is 11.5. The number of nitro groups is 1. The van der Waals surface area contributed by atoms with E-state index >= 15 is 0 Å². The Bertz CT molecular complexity index is 1250. The van der Waals surface area contributed by atoms with Crippen LogP contribution in [0.5, 0.6) is 0 Å². The Balaban J connectivity index is 1.59. The lowest BCUT2D eigenvalue weighted by Gasteiger charge is -2.29. The third kappa shape index (κ3) is 7.02. The molecule has 4 rings (SSSR count). The molecule has 1 aromatic heterocycles. The normalized spacial score (nSPS) is 14.9. The first-order valence-electron chi connectivity index (χ1n) is 12.3. The van der Waals surface area contributed by atoms with Crippen LogP contribution in [-0.2, 0) is 22.6 Å². The number of ether oxygens (including phenoxy) is 1. The fourth-order valence-corrected chi connectivity index (χ4v) is 5.34. The summed E-state index contributed by atoms with van der Waals surface area (Å²) in [6.45, 7) is 5.24. The molecule has 0 spiro atoms. The topological polar surface area (TPSA) is 93.0 Å². The van der Waals surface area contributed by atoms with E-state index in [1.165, 1.54) is 15.8 Å². The molecule has 2 aromatic carbocycles. The summed E-state index contributed by atoms with van der Waals surface area (Å²) in [4.78, 5) is 43.7. The number of nitrogens with zero attached hydrogens (tertiary/aromatic N) is 3. The molecule has 2 amide bonds. The Kier molecular flexibility index (Phi) is 8.68. The molecule has 1 atom stereocenters. The lowest BCUT2D eigenvalue weighted by atomic mass is 10.1. The molecule has 8 nitrogen and oxygen atoms in total. The molecule has 0 aliphatic carbocycles. The summed E-state index contributed by atoms with van der Waals surface area (Å²) < 4.78 is 5.76. The van der Waals surface area contributed by atoms with Gasteiger partial charge in [-0.2, -0.15) is 0 Å². The van der Waals surface area contributed by atoms with Crippen LogP contribution in [0.4, 0.5) is 5.69 Å². The number of aryl methyl sites for hydroxylation is 2. The van der Waals surface area contributed by atoms with E-state index < -0.39 is 10.8 Å². The molecule has 1 fully saturated rings. The average Bonchev–Trinajstić information content (AvgIpc) is 3.55. The van der Waals surface area contributed by atoms with Crippen LogP contribution in [-0.4, -0.2) is 52.3 Å². The van der Waals surface area contributed by atoms with Crippen LogP contribution in [0.15, 0.2) is 60.7 Å². The predicted molar refractivity (Wildman–Crippen MR) is 142 cm³/mol. The maximum atomic E-state index is 13.7. The number of benzene rings is 2. The van der Waals surface area contributed by atoms with Gasteiger partial charge in [0.1, 0.15) is 6.54 Å². The first kappa shape index (κ1) is 26.5. The van der Waals surface area contributed by atoms with Crippen molar-refractivity contribution >= 4 is 28.8 Å². The van der Waals surface area contributed by atoms with Crippen LogP contribution in [0.1, 0.15) is 44.1 Å².